The van der Waals surface area contributed by atoms with Crippen molar-refractivity contribution >= 4 is 17.4 Å². The summed E-state index contributed by atoms with van der Waals surface area (Å²) in [6, 6.07) is 5.70. The van der Waals surface area contributed by atoms with Crippen molar-refractivity contribution in [2.75, 3.05) is 5.32 Å². The number of amides is 1. The minimum atomic E-state index is 0.0684. The number of ketones is 1. The van der Waals surface area contributed by atoms with E-state index in [9.17, 15) is 9.59 Å². The Bertz CT molecular complexity index is 544. The van der Waals surface area contributed by atoms with Gasteiger partial charge >= 0.3 is 0 Å². The lowest BCUT2D eigenvalue weighted by Crippen LogP contribution is -2.19. The Labute approximate surface area is 126 Å². The number of hydrogen-bond acceptors (Lipinski definition) is 2. The average molecular weight is 285 g/mol. The van der Waals surface area contributed by atoms with Crippen LogP contribution in [0.3, 0.4) is 0 Å². The van der Waals surface area contributed by atoms with E-state index in [0.717, 1.165) is 35.6 Å². The maximum absolute atomic E-state index is 12.4. The summed E-state index contributed by atoms with van der Waals surface area (Å²) in [6.07, 6.45) is 9.57. The quantitative estimate of drug-likeness (QED) is 0.846. The number of benzene rings is 1. The predicted octanol–water partition coefficient (Wildman–Crippen LogP) is 4.11. The number of rotatable bonds is 4. The Morgan fingerprint density at radius 2 is 1.95 bits per heavy atom. The molecule has 1 N–H and O–H groups in total. The first-order valence-corrected chi connectivity index (χ1v) is 8.18. The van der Waals surface area contributed by atoms with E-state index in [2.05, 4.69) is 5.32 Å². The van der Waals surface area contributed by atoms with Gasteiger partial charge in [0.25, 0.3) is 0 Å². The molecule has 1 fully saturated rings. The van der Waals surface area contributed by atoms with Gasteiger partial charge in [-0.05, 0) is 42.5 Å². The fourth-order valence-electron chi connectivity index (χ4n) is 3.51. The Morgan fingerprint density at radius 3 is 2.76 bits per heavy atom. The Kier molecular flexibility index (Phi) is 4.37. The summed E-state index contributed by atoms with van der Waals surface area (Å²) >= 11 is 0. The van der Waals surface area contributed by atoms with E-state index in [1.807, 2.05) is 18.2 Å². The normalized spacial score (nSPS) is 19.0. The van der Waals surface area contributed by atoms with Gasteiger partial charge in [0.05, 0.1) is 0 Å². The Hall–Kier alpha value is -1.64. The zero-order chi connectivity index (χ0) is 14.7. The second-order valence-electron chi connectivity index (χ2n) is 6.39. The topological polar surface area (TPSA) is 46.2 Å². The Balaban J connectivity index is 1.60. The first-order valence-electron chi connectivity index (χ1n) is 8.18. The van der Waals surface area contributed by atoms with Gasteiger partial charge in [-0.3, -0.25) is 9.59 Å². The van der Waals surface area contributed by atoms with Crippen LogP contribution in [-0.2, 0) is 11.2 Å². The minimum Gasteiger partial charge on any atom is -0.326 e. The first-order chi connectivity index (χ1) is 10.2. The predicted molar refractivity (Wildman–Crippen MR) is 83.5 cm³/mol. The van der Waals surface area contributed by atoms with Crippen LogP contribution in [0.15, 0.2) is 18.2 Å². The molecule has 21 heavy (non-hydrogen) atoms. The van der Waals surface area contributed by atoms with Crippen LogP contribution in [0.2, 0.25) is 0 Å². The molecule has 1 aromatic carbocycles. The number of carbonyl (C=O) groups excluding carboxylic acids is 2. The number of Topliss-reactive ketones (excluding diaryl/α,β-unsaturated/α-hetero) is 1. The number of hydrogen-bond donors (Lipinski definition) is 1. The lowest BCUT2D eigenvalue weighted by atomic mass is 9.85. The van der Waals surface area contributed by atoms with Crippen molar-refractivity contribution in [3.8, 4) is 0 Å². The molecule has 2 aliphatic rings. The molecule has 1 saturated carbocycles. The highest BCUT2D eigenvalue weighted by Crippen LogP contribution is 2.29. The van der Waals surface area contributed by atoms with Crippen LogP contribution in [0.4, 0.5) is 5.69 Å². The molecule has 0 atom stereocenters. The first kappa shape index (κ1) is 14.3. The van der Waals surface area contributed by atoms with E-state index in [0.29, 0.717) is 12.8 Å². The third kappa shape index (κ3) is 3.52. The second kappa shape index (κ2) is 6.42. The molecule has 1 heterocycles. The van der Waals surface area contributed by atoms with E-state index in [4.69, 9.17) is 0 Å². The lowest BCUT2D eigenvalue weighted by Gasteiger charge is -2.21. The SMILES string of the molecule is O=C1CCc2cc(C(=O)CCC3CCCCC3)ccc2N1. The van der Waals surface area contributed by atoms with Crippen molar-refractivity contribution in [3.63, 3.8) is 0 Å². The number of nitrogens with one attached hydrogen (secondary N) is 1. The van der Waals surface area contributed by atoms with Gasteiger partial charge in [0.15, 0.2) is 5.78 Å². The van der Waals surface area contributed by atoms with Crippen LogP contribution in [0.1, 0.15) is 67.3 Å². The standard InChI is InChI=1S/C18H23NO2/c20-17(10-6-13-4-2-1-3-5-13)15-7-9-16-14(12-15)8-11-18(21)19-16/h7,9,12-13H,1-6,8,10-11H2,(H,19,21). The maximum Gasteiger partial charge on any atom is 0.224 e. The van der Waals surface area contributed by atoms with Gasteiger partial charge in [0.1, 0.15) is 0 Å². The van der Waals surface area contributed by atoms with Crippen molar-refractivity contribution < 1.29 is 9.59 Å². The average Bonchev–Trinajstić information content (AvgIpc) is 2.53. The number of fused-ring (bicyclic) bond motifs is 1. The van der Waals surface area contributed by atoms with Crippen molar-refractivity contribution in [1.82, 2.24) is 0 Å². The second-order valence-corrected chi connectivity index (χ2v) is 6.39. The molecular formula is C18H23NO2. The van der Waals surface area contributed by atoms with Gasteiger partial charge in [0, 0.05) is 24.1 Å². The zero-order valence-electron chi connectivity index (χ0n) is 12.5. The maximum atomic E-state index is 12.4. The molecule has 0 bridgehead atoms. The summed E-state index contributed by atoms with van der Waals surface area (Å²) in [6.45, 7) is 0. The number of anilines is 1. The molecule has 0 spiro atoms. The molecule has 1 aliphatic carbocycles. The molecule has 0 saturated heterocycles. The molecule has 1 aliphatic heterocycles. The molecule has 3 nitrogen and oxygen atoms in total. The lowest BCUT2D eigenvalue weighted by molar-refractivity contribution is -0.116. The summed E-state index contributed by atoms with van der Waals surface area (Å²) < 4.78 is 0. The van der Waals surface area contributed by atoms with Gasteiger partial charge in [-0.2, -0.15) is 0 Å². The molecule has 0 aromatic heterocycles. The van der Waals surface area contributed by atoms with Crippen LogP contribution in [0, 0.1) is 5.92 Å². The summed E-state index contributed by atoms with van der Waals surface area (Å²) in [5.74, 6) is 1.07. The third-order valence-corrected chi connectivity index (χ3v) is 4.83. The molecule has 112 valence electrons. The van der Waals surface area contributed by atoms with Crippen LogP contribution < -0.4 is 5.32 Å². The van der Waals surface area contributed by atoms with Crippen LogP contribution >= 0.6 is 0 Å². The van der Waals surface area contributed by atoms with E-state index in [1.165, 1.54) is 32.1 Å². The smallest absolute Gasteiger partial charge is 0.224 e. The molecular weight excluding hydrogens is 262 g/mol. The Morgan fingerprint density at radius 1 is 1.14 bits per heavy atom. The number of aryl methyl sites for hydroxylation is 1. The van der Waals surface area contributed by atoms with E-state index >= 15 is 0 Å². The number of carbonyl (C=O) groups is 2. The summed E-state index contributed by atoms with van der Waals surface area (Å²) in [4.78, 5) is 23.7. The largest absolute Gasteiger partial charge is 0.326 e. The fourth-order valence-corrected chi connectivity index (χ4v) is 3.51. The van der Waals surface area contributed by atoms with Crippen molar-refractivity contribution in [2.24, 2.45) is 5.92 Å². The van der Waals surface area contributed by atoms with Gasteiger partial charge < -0.3 is 5.32 Å². The highest BCUT2D eigenvalue weighted by molar-refractivity contribution is 5.98. The molecule has 3 heteroatoms. The monoisotopic (exact) mass is 285 g/mol. The van der Waals surface area contributed by atoms with Gasteiger partial charge in [-0.15, -0.1) is 0 Å². The highest BCUT2D eigenvalue weighted by Gasteiger charge is 2.18. The summed E-state index contributed by atoms with van der Waals surface area (Å²) in [5.41, 5.74) is 2.77. The van der Waals surface area contributed by atoms with E-state index < -0.39 is 0 Å². The van der Waals surface area contributed by atoms with Crippen molar-refractivity contribution in [3.05, 3.63) is 29.3 Å². The summed E-state index contributed by atoms with van der Waals surface area (Å²) in [7, 11) is 0. The van der Waals surface area contributed by atoms with Gasteiger partial charge in [-0.1, -0.05) is 32.1 Å². The van der Waals surface area contributed by atoms with Crippen molar-refractivity contribution in [2.45, 2.75) is 57.8 Å². The van der Waals surface area contributed by atoms with Gasteiger partial charge in [-0.25, -0.2) is 0 Å². The highest BCUT2D eigenvalue weighted by atomic mass is 16.1. The molecule has 0 unspecified atom stereocenters. The molecule has 1 aromatic rings. The van der Waals surface area contributed by atoms with Gasteiger partial charge in [0.2, 0.25) is 5.91 Å². The van der Waals surface area contributed by atoms with E-state index in [-0.39, 0.29) is 11.7 Å². The summed E-state index contributed by atoms with van der Waals surface area (Å²) in [5, 5.41) is 2.86. The van der Waals surface area contributed by atoms with Crippen LogP contribution in [0.5, 0.6) is 0 Å². The minimum absolute atomic E-state index is 0.0684. The molecule has 1 amide bonds. The molecule has 3 rings (SSSR count). The molecule has 0 radical (unpaired) electrons. The zero-order valence-corrected chi connectivity index (χ0v) is 12.5. The third-order valence-electron chi connectivity index (χ3n) is 4.83. The van der Waals surface area contributed by atoms with Crippen molar-refractivity contribution in [1.29, 1.82) is 0 Å². The van der Waals surface area contributed by atoms with Crippen LogP contribution in [0.25, 0.3) is 0 Å². The fraction of sp³-hybridized carbons (Fsp3) is 0.556. The van der Waals surface area contributed by atoms with Crippen LogP contribution in [-0.4, -0.2) is 11.7 Å². The van der Waals surface area contributed by atoms with E-state index in [1.54, 1.807) is 0 Å².